The van der Waals surface area contributed by atoms with Gasteiger partial charge in [0, 0.05) is 19.6 Å². The molecule has 0 bridgehead atoms. The third-order valence-corrected chi connectivity index (χ3v) is 7.04. The van der Waals surface area contributed by atoms with E-state index in [9.17, 15) is 23.5 Å². The lowest BCUT2D eigenvalue weighted by Crippen LogP contribution is -2.58. The molecule has 2 fully saturated rings. The normalized spacial score (nSPS) is 27.0. The number of rotatable bonds is 5. The molecule has 0 saturated carbocycles. The molecule has 3 rings (SSSR count). The van der Waals surface area contributed by atoms with Crippen molar-refractivity contribution in [3.63, 3.8) is 0 Å². The highest BCUT2D eigenvalue weighted by atomic mass is 32.3. The molecule has 1 aromatic carbocycles. The number of hydrogen-bond donors (Lipinski definition) is 1. The van der Waals surface area contributed by atoms with Gasteiger partial charge in [-0.15, -0.1) is 4.31 Å². The summed E-state index contributed by atoms with van der Waals surface area (Å²) in [5.74, 6) is -2.17. The first-order chi connectivity index (χ1) is 13.2. The van der Waals surface area contributed by atoms with E-state index in [0.717, 1.165) is 11.8 Å². The van der Waals surface area contributed by atoms with Crippen LogP contribution in [0.1, 0.15) is 25.3 Å². The Labute approximate surface area is 165 Å². The second-order valence-electron chi connectivity index (χ2n) is 7.35. The molecule has 28 heavy (non-hydrogen) atoms. The maximum Gasteiger partial charge on any atom is 0.314 e. The Morgan fingerprint density at radius 3 is 2.46 bits per heavy atom. The number of esters is 1. The molecule has 8 nitrogen and oxygen atoms in total. The molecule has 2 heterocycles. The van der Waals surface area contributed by atoms with Gasteiger partial charge in [-0.1, -0.05) is 34.5 Å². The molecule has 3 atom stereocenters. The molecular weight excluding hydrogens is 384 g/mol. The fraction of sp³-hybridized carbons (Fsp3) is 0.579. The standard InChI is InChI=1S/C19H26N2O6S/c1-3-27-18(24)15-16(22)17(23)21(13-14-7-5-4-6-8-14)19(15)9-11-20(12-10-19)28(2,25)26/h4-8,15-16,22H,3,9-13H2,1-2H3/t15-,16-/m1/s1. The van der Waals surface area contributed by atoms with Gasteiger partial charge in [0.1, 0.15) is 28.7 Å². The fourth-order valence-electron chi connectivity index (χ4n) is 4.35. The number of piperidine rings is 1. The summed E-state index contributed by atoms with van der Waals surface area (Å²) in [6.45, 7) is 2.41. The smallest absolute Gasteiger partial charge is 0.314 e. The van der Waals surface area contributed by atoms with Gasteiger partial charge in [-0.25, -0.2) is 0 Å². The highest BCUT2D eigenvalue weighted by Crippen LogP contribution is 2.45. The molecule has 1 spiro atoms. The predicted octanol–water partition coefficient (Wildman–Crippen LogP) is 0.578. The number of sulfonamides is 1. The van der Waals surface area contributed by atoms with Crippen LogP contribution in [0.25, 0.3) is 0 Å². The highest BCUT2D eigenvalue weighted by Gasteiger charge is 2.62. The lowest BCUT2D eigenvalue weighted by Gasteiger charge is -2.46. The van der Waals surface area contributed by atoms with Gasteiger partial charge in [0.2, 0.25) is 0 Å². The third-order valence-electron chi connectivity index (χ3n) is 5.73. The van der Waals surface area contributed by atoms with Gasteiger partial charge in [0.25, 0.3) is 5.91 Å². The van der Waals surface area contributed by atoms with E-state index in [1.165, 1.54) is 4.31 Å². The monoisotopic (exact) mass is 410 g/mol. The van der Waals surface area contributed by atoms with E-state index in [1.54, 1.807) is 11.8 Å². The Bertz CT molecular complexity index is 772. The number of nitrogens with zero attached hydrogens (tertiary/aromatic N) is 2. The van der Waals surface area contributed by atoms with Crippen LogP contribution in [0, 0.1) is 5.92 Å². The van der Waals surface area contributed by atoms with Crippen molar-refractivity contribution in [2.45, 2.75) is 38.0 Å². The number of ether oxygens (including phenoxy) is 1. The van der Waals surface area contributed by atoms with Crippen LogP contribution in [0.3, 0.4) is 0 Å². The van der Waals surface area contributed by atoms with Crippen LogP contribution in [0.5, 0.6) is 0 Å². The fourth-order valence-corrected chi connectivity index (χ4v) is 5.20. The van der Waals surface area contributed by atoms with Crippen LogP contribution in [0.4, 0.5) is 0 Å². The Kier molecular flexibility index (Phi) is 5.90. The summed E-state index contributed by atoms with van der Waals surface area (Å²) in [7, 11) is -3.37. The zero-order valence-corrected chi connectivity index (χ0v) is 16.9. The van der Waals surface area contributed by atoms with Gasteiger partial charge in [0.15, 0.2) is 0 Å². The van der Waals surface area contributed by atoms with Gasteiger partial charge >= 0.3 is 5.97 Å². The molecule has 1 N–H and O–H groups in total. The Morgan fingerprint density at radius 2 is 1.93 bits per heavy atom. The largest absolute Gasteiger partial charge is 0.598 e. The molecule has 2 aliphatic heterocycles. The van der Waals surface area contributed by atoms with E-state index >= 15 is 0 Å². The number of aliphatic hydroxyl groups excluding tert-OH is 1. The summed E-state index contributed by atoms with van der Waals surface area (Å²) in [6, 6.07) is 9.32. The second kappa shape index (κ2) is 7.90. The number of likely N-dealkylation sites (tertiary alicyclic amines) is 1. The molecule has 2 saturated heterocycles. The van der Waals surface area contributed by atoms with E-state index < -0.39 is 39.8 Å². The van der Waals surface area contributed by atoms with Crippen LogP contribution in [-0.4, -0.2) is 68.3 Å². The van der Waals surface area contributed by atoms with Crippen LogP contribution in [0.15, 0.2) is 30.3 Å². The van der Waals surface area contributed by atoms with E-state index in [2.05, 4.69) is 0 Å². The summed E-state index contributed by atoms with van der Waals surface area (Å²) < 4.78 is 30.3. The maximum absolute atomic E-state index is 12.9. The SMILES string of the molecule is CCOC(=O)[C@H]1[C@@H](O)C(=O)N(Cc2ccccc2)C12CCN([S+](C)(=O)[O-])CC2. The topological polar surface area (TPSA) is 110 Å². The number of aliphatic hydroxyl groups is 1. The van der Waals surface area contributed by atoms with Crippen LogP contribution in [-0.2, 0) is 35.5 Å². The Hall–Kier alpha value is -1.81. The van der Waals surface area contributed by atoms with Crippen molar-refractivity contribution in [2.75, 3.05) is 26.0 Å². The van der Waals surface area contributed by atoms with E-state index in [-0.39, 0.29) is 39.1 Å². The van der Waals surface area contributed by atoms with Crippen molar-refractivity contribution in [2.24, 2.45) is 5.92 Å². The van der Waals surface area contributed by atoms with Crippen LogP contribution < -0.4 is 0 Å². The molecule has 9 heteroatoms. The van der Waals surface area contributed by atoms with Crippen LogP contribution in [0.2, 0.25) is 0 Å². The Morgan fingerprint density at radius 1 is 1.32 bits per heavy atom. The zero-order chi connectivity index (χ0) is 20.5. The average molecular weight is 410 g/mol. The summed E-state index contributed by atoms with van der Waals surface area (Å²) in [5, 5.41) is 10.6. The van der Waals surface area contributed by atoms with Gasteiger partial charge < -0.3 is 19.3 Å². The first kappa shape index (κ1) is 20.9. The van der Waals surface area contributed by atoms with Crippen molar-refractivity contribution in [1.82, 2.24) is 9.21 Å². The number of carbonyl (C=O) groups excluding carboxylic acids is 2. The van der Waals surface area contributed by atoms with E-state index in [0.29, 0.717) is 0 Å². The van der Waals surface area contributed by atoms with E-state index in [1.807, 2.05) is 30.3 Å². The molecule has 1 amide bonds. The summed E-state index contributed by atoms with van der Waals surface area (Å²) in [6.07, 6.45) is 0.176. The predicted molar refractivity (Wildman–Crippen MR) is 101 cm³/mol. The van der Waals surface area contributed by atoms with Gasteiger partial charge in [-0.2, -0.15) is 0 Å². The molecule has 0 radical (unpaired) electrons. The lowest BCUT2D eigenvalue weighted by molar-refractivity contribution is -0.156. The number of benzene rings is 1. The lowest BCUT2D eigenvalue weighted by atomic mass is 9.76. The van der Waals surface area contributed by atoms with Gasteiger partial charge in [-0.3, -0.25) is 9.59 Å². The minimum absolute atomic E-state index is 0.139. The molecule has 0 aromatic heterocycles. The first-order valence-corrected chi connectivity index (χ1v) is 11.2. The maximum atomic E-state index is 12.9. The van der Waals surface area contributed by atoms with Crippen LogP contribution >= 0.6 is 0 Å². The molecule has 1 aromatic rings. The number of amides is 1. The third kappa shape index (κ3) is 3.71. The first-order valence-electron chi connectivity index (χ1n) is 9.36. The Balaban J connectivity index is 1.96. The highest BCUT2D eigenvalue weighted by molar-refractivity contribution is 7.94. The second-order valence-corrected chi connectivity index (χ2v) is 9.33. The molecule has 2 aliphatic rings. The summed E-state index contributed by atoms with van der Waals surface area (Å²) >= 11 is 0. The van der Waals surface area contributed by atoms with Gasteiger partial charge in [-0.05, 0) is 25.3 Å². The van der Waals surface area contributed by atoms with Crippen molar-refractivity contribution in [3.8, 4) is 0 Å². The molecule has 1 unspecified atom stereocenters. The molecule has 0 aliphatic carbocycles. The zero-order valence-electron chi connectivity index (χ0n) is 16.1. The number of carbonyl (C=O) groups is 2. The summed E-state index contributed by atoms with van der Waals surface area (Å²) in [5.41, 5.74) is -0.0998. The quantitative estimate of drug-likeness (QED) is 0.562. The average Bonchev–Trinajstić information content (AvgIpc) is 2.84. The van der Waals surface area contributed by atoms with Crippen molar-refractivity contribution in [3.05, 3.63) is 35.9 Å². The van der Waals surface area contributed by atoms with Crippen molar-refractivity contribution in [1.29, 1.82) is 0 Å². The van der Waals surface area contributed by atoms with Gasteiger partial charge in [0.05, 0.1) is 12.1 Å². The summed E-state index contributed by atoms with van der Waals surface area (Å²) in [4.78, 5) is 27.1. The molecular formula is C19H26N2O6S. The van der Waals surface area contributed by atoms with Crippen molar-refractivity contribution >= 4 is 22.3 Å². The number of hydrogen-bond acceptors (Lipinski definition) is 6. The van der Waals surface area contributed by atoms with Crippen molar-refractivity contribution < 1.29 is 28.2 Å². The minimum atomic E-state index is -3.37. The van der Waals surface area contributed by atoms with E-state index in [4.69, 9.17) is 4.74 Å². The minimum Gasteiger partial charge on any atom is -0.598 e. The molecule has 154 valence electrons.